The van der Waals surface area contributed by atoms with Crippen molar-refractivity contribution in [3.05, 3.63) is 28.2 Å². The fourth-order valence-corrected chi connectivity index (χ4v) is 3.34. The highest BCUT2D eigenvalue weighted by Crippen LogP contribution is 2.28. The minimum absolute atomic E-state index is 0.0378. The van der Waals surface area contributed by atoms with Crippen molar-refractivity contribution in [2.75, 3.05) is 13.1 Å². The number of aromatic nitrogens is 4. The van der Waals surface area contributed by atoms with Crippen LogP contribution in [0.15, 0.2) is 11.6 Å². The Morgan fingerprint density at radius 1 is 1.50 bits per heavy atom. The standard InChI is InChI=1S/C13H15F3N6OS/c14-13(15,16)11-19-9(20-21-11)6-18-12(23)22-4-1-2-8(7-22)10-17-3-5-24-10/h3,5,8H,1-2,4,6-7H2,(H,18,23)(H,19,20,21). The van der Waals surface area contributed by atoms with Crippen LogP contribution in [-0.2, 0) is 12.7 Å². The van der Waals surface area contributed by atoms with E-state index in [1.807, 2.05) is 5.38 Å². The Balaban J connectivity index is 1.54. The van der Waals surface area contributed by atoms with Crippen molar-refractivity contribution in [1.29, 1.82) is 0 Å². The molecular formula is C13H15F3N6OS. The van der Waals surface area contributed by atoms with Crippen LogP contribution in [0.5, 0.6) is 0 Å². The maximum Gasteiger partial charge on any atom is 0.453 e. The number of hydrogen-bond donors (Lipinski definition) is 2. The fourth-order valence-electron chi connectivity index (χ4n) is 2.57. The van der Waals surface area contributed by atoms with E-state index < -0.39 is 12.0 Å². The predicted molar refractivity (Wildman–Crippen MR) is 79.3 cm³/mol. The van der Waals surface area contributed by atoms with Crippen LogP contribution < -0.4 is 5.32 Å². The van der Waals surface area contributed by atoms with Crippen LogP contribution >= 0.6 is 11.3 Å². The van der Waals surface area contributed by atoms with E-state index in [0.29, 0.717) is 13.1 Å². The fraction of sp³-hybridized carbons (Fsp3) is 0.538. The molecule has 24 heavy (non-hydrogen) atoms. The first kappa shape index (κ1) is 16.7. The number of thiazole rings is 1. The van der Waals surface area contributed by atoms with Crippen molar-refractivity contribution in [3.8, 4) is 0 Å². The van der Waals surface area contributed by atoms with Gasteiger partial charge < -0.3 is 10.2 Å². The molecule has 1 aliphatic heterocycles. The zero-order valence-corrected chi connectivity index (χ0v) is 13.3. The summed E-state index contributed by atoms with van der Waals surface area (Å²) in [5, 5.41) is 10.7. The molecule has 1 unspecified atom stereocenters. The van der Waals surface area contributed by atoms with E-state index in [9.17, 15) is 18.0 Å². The van der Waals surface area contributed by atoms with Crippen molar-refractivity contribution < 1.29 is 18.0 Å². The van der Waals surface area contributed by atoms with Crippen LogP contribution in [0.1, 0.15) is 35.4 Å². The summed E-state index contributed by atoms with van der Waals surface area (Å²) in [4.78, 5) is 21.5. The second kappa shape index (κ2) is 6.75. The number of hydrogen-bond acceptors (Lipinski definition) is 5. The maximum atomic E-state index is 12.4. The lowest BCUT2D eigenvalue weighted by Gasteiger charge is -2.31. The monoisotopic (exact) mass is 360 g/mol. The Morgan fingerprint density at radius 2 is 2.33 bits per heavy atom. The van der Waals surface area contributed by atoms with Gasteiger partial charge in [0.25, 0.3) is 5.82 Å². The minimum Gasteiger partial charge on any atom is -0.331 e. The summed E-state index contributed by atoms with van der Waals surface area (Å²) in [5.74, 6) is -1.08. The third-order valence-corrected chi connectivity index (χ3v) is 4.64. The molecule has 7 nitrogen and oxygen atoms in total. The molecule has 1 aliphatic rings. The van der Waals surface area contributed by atoms with Crippen molar-refractivity contribution in [2.24, 2.45) is 0 Å². The van der Waals surface area contributed by atoms with Gasteiger partial charge in [0.15, 0.2) is 0 Å². The van der Waals surface area contributed by atoms with Gasteiger partial charge in [-0.25, -0.2) is 14.8 Å². The summed E-state index contributed by atoms with van der Waals surface area (Å²) in [7, 11) is 0. The second-order valence-electron chi connectivity index (χ2n) is 5.42. The Morgan fingerprint density at radius 3 is 3.00 bits per heavy atom. The molecule has 1 atom stereocenters. The number of rotatable bonds is 3. The number of alkyl halides is 3. The number of aromatic amines is 1. The van der Waals surface area contributed by atoms with Gasteiger partial charge in [0.2, 0.25) is 0 Å². The van der Waals surface area contributed by atoms with E-state index >= 15 is 0 Å². The molecule has 0 spiro atoms. The average Bonchev–Trinajstić information content (AvgIpc) is 3.23. The number of urea groups is 1. The topological polar surface area (TPSA) is 86.8 Å². The van der Waals surface area contributed by atoms with E-state index in [0.717, 1.165) is 17.8 Å². The molecule has 1 fully saturated rings. The molecule has 0 aliphatic carbocycles. The van der Waals surface area contributed by atoms with E-state index in [-0.39, 0.29) is 24.3 Å². The SMILES string of the molecule is O=C(NCc1nc(C(F)(F)F)n[nH]1)N1CCCC(c2nccs2)C1. The lowest BCUT2D eigenvalue weighted by molar-refractivity contribution is -0.144. The van der Waals surface area contributed by atoms with Gasteiger partial charge in [-0.05, 0) is 12.8 Å². The summed E-state index contributed by atoms with van der Waals surface area (Å²) >= 11 is 1.56. The highest BCUT2D eigenvalue weighted by Gasteiger charge is 2.36. The molecule has 130 valence electrons. The Labute approximate surface area is 139 Å². The van der Waals surface area contributed by atoms with Crippen LogP contribution in [0, 0.1) is 0 Å². The molecule has 0 saturated carbocycles. The summed E-state index contributed by atoms with van der Waals surface area (Å²) in [5.41, 5.74) is 0. The van der Waals surface area contributed by atoms with Crippen LogP contribution in [0.4, 0.5) is 18.0 Å². The number of nitrogens with zero attached hydrogens (tertiary/aromatic N) is 4. The number of carbonyl (C=O) groups is 1. The first-order valence-electron chi connectivity index (χ1n) is 7.34. The van der Waals surface area contributed by atoms with Crippen LogP contribution in [0.3, 0.4) is 0 Å². The molecule has 3 heterocycles. The van der Waals surface area contributed by atoms with Crippen molar-refractivity contribution in [3.63, 3.8) is 0 Å². The van der Waals surface area contributed by atoms with Crippen molar-refractivity contribution in [1.82, 2.24) is 30.4 Å². The molecule has 0 aromatic carbocycles. The van der Waals surface area contributed by atoms with Gasteiger partial charge in [-0.3, -0.25) is 5.10 Å². The summed E-state index contributed by atoms with van der Waals surface area (Å²) in [6, 6.07) is -0.332. The van der Waals surface area contributed by atoms with Gasteiger partial charge >= 0.3 is 12.2 Å². The number of piperidine rings is 1. The number of likely N-dealkylation sites (tertiary alicyclic amines) is 1. The first-order chi connectivity index (χ1) is 11.4. The van der Waals surface area contributed by atoms with Crippen molar-refractivity contribution >= 4 is 17.4 Å². The lowest BCUT2D eigenvalue weighted by Crippen LogP contribution is -2.44. The van der Waals surface area contributed by atoms with Crippen LogP contribution in [-0.4, -0.2) is 44.2 Å². The maximum absolute atomic E-state index is 12.4. The molecule has 2 aromatic rings. The average molecular weight is 360 g/mol. The van der Waals surface area contributed by atoms with Crippen LogP contribution in [0.2, 0.25) is 0 Å². The van der Waals surface area contributed by atoms with E-state index in [4.69, 9.17) is 0 Å². The highest BCUT2D eigenvalue weighted by molar-refractivity contribution is 7.09. The number of H-pyrrole nitrogens is 1. The zero-order chi connectivity index (χ0) is 17.2. The molecule has 1 saturated heterocycles. The lowest BCUT2D eigenvalue weighted by atomic mass is 9.99. The third-order valence-electron chi connectivity index (χ3n) is 3.70. The Hall–Kier alpha value is -2.17. The van der Waals surface area contributed by atoms with Crippen molar-refractivity contribution in [2.45, 2.75) is 31.5 Å². The van der Waals surface area contributed by atoms with E-state index in [1.165, 1.54) is 0 Å². The van der Waals surface area contributed by atoms with Gasteiger partial charge in [0, 0.05) is 30.6 Å². The minimum atomic E-state index is -4.60. The quantitative estimate of drug-likeness (QED) is 0.880. The van der Waals surface area contributed by atoms with Crippen LogP contribution in [0.25, 0.3) is 0 Å². The molecule has 2 amide bonds. The second-order valence-corrected chi connectivity index (χ2v) is 6.34. The Bertz CT molecular complexity index is 686. The molecule has 0 bridgehead atoms. The Kier molecular flexibility index (Phi) is 4.69. The first-order valence-corrected chi connectivity index (χ1v) is 8.22. The largest absolute Gasteiger partial charge is 0.453 e. The van der Waals surface area contributed by atoms with Gasteiger partial charge in [-0.15, -0.1) is 16.4 Å². The van der Waals surface area contributed by atoms with Gasteiger partial charge in [0.1, 0.15) is 5.82 Å². The zero-order valence-electron chi connectivity index (χ0n) is 12.5. The number of amides is 2. The molecular weight excluding hydrogens is 345 g/mol. The number of nitrogens with one attached hydrogen (secondary N) is 2. The third kappa shape index (κ3) is 3.83. The molecule has 2 N–H and O–H groups in total. The van der Waals surface area contributed by atoms with E-state index in [1.54, 1.807) is 22.4 Å². The van der Waals surface area contributed by atoms with E-state index in [2.05, 4.69) is 25.5 Å². The molecule has 2 aromatic heterocycles. The predicted octanol–water partition coefficient (Wildman–Crippen LogP) is 2.37. The smallest absolute Gasteiger partial charge is 0.331 e. The van der Waals surface area contributed by atoms with Gasteiger partial charge in [-0.2, -0.15) is 13.2 Å². The molecule has 11 heteroatoms. The summed E-state index contributed by atoms with van der Waals surface area (Å²) in [6.07, 6.45) is -1.04. The number of halogens is 3. The number of carbonyl (C=O) groups excluding carboxylic acids is 1. The molecule has 0 radical (unpaired) electrons. The highest BCUT2D eigenvalue weighted by atomic mass is 32.1. The normalized spacial score (nSPS) is 18.6. The van der Waals surface area contributed by atoms with Gasteiger partial charge in [-0.1, -0.05) is 0 Å². The summed E-state index contributed by atoms with van der Waals surface area (Å²) < 4.78 is 37.3. The summed E-state index contributed by atoms with van der Waals surface area (Å²) in [6.45, 7) is 1.02. The molecule has 3 rings (SSSR count). The van der Waals surface area contributed by atoms with Gasteiger partial charge in [0.05, 0.1) is 11.6 Å².